The van der Waals surface area contributed by atoms with Crippen LogP contribution in [0.25, 0.3) is 0 Å². The van der Waals surface area contributed by atoms with Crippen LogP contribution in [0, 0.1) is 5.92 Å². The van der Waals surface area contributed by atoms with Crippen LogP contribution in [0.3, 0.4) is 0 Å². The summed E-state index contributed by atoms with van der Waals surface area (Å²) in [5, 5.41) is 9.63. The Morgan fingerprint density at radius 1 is 1.43 bits per heavy atom. The van der Waals surface area contributed by atoms with Crippen LogP contribution >= 0.6 is 0 Å². The maximum Gasteiger partial charge on any atom is 0.239 e. The van der Waals surface area contributed by atoms with Crippen molar-refractivity contribution in [3.8, 4) is 0 Å². The average molecular weight is 198 g/mol. The van der Waals surface area contributed by atoms with E-state index in [9.17, 15) is 9.90 Å². The molecular formula is C10H18N2O2. The second kappa shape index (κ2) is 3.87. The van der Waals surface area contributed by atoms with Gasteiger partial charge in [-0.15, -0.1) is 0 Å². The molecule has 1 amide bonds. The fourth-order valence-electron chi connectivity index (χ4n) is 2.46. The first-order valence-electron chi connectivity index (χ1n) is 5.41. The topological polar surface area (TPSA) is 66.6 Å². The maximum atomic E-state index is 11.5. The van der Waals surface area contributed by atoms with E-state index in [-0.39, 0.29) is 24.0 Å². The summed E-state index contributed by atoms with van der Waals surface area (Å²) in [6, 6.07) is -0.298. The predicted octanol–water partition coefficient (Wildman–Crippen LogP) is -0.293. The van der Waals surface area contributed by atoms with Crippen LogP contribution in [-0.2, 0) is 4.79 Å². The largest absolute Gasteiger partial charge is 0.393 e. The van der Waals surface area contributed by atoms with E-state index in [1.165, 1.54) is 0 Å². The first-order valence-corrected chi connectivity index (χ1v) is 5.41. The van der Waals surface area contributed by atoms with Gasteiger partial charge < -0.3 is 15.7 Å². The summed E-state index contributed by atoms with van der Waals surface area (Å²) >= 11 is 0. The van der Waals surface area contributed by atoms with Gasteiger partial charge in [0, 0.05) is 19.0 Å². The lowest BCUT2D eigenvalue weighted by atomic mass is 10.1. The number of hydrogen-bond acceptors (Lipinski definition) is 3. The van der Waals surface area contributed by atoms with Crippen LogP contribution in [-0.4, -0.2) is 41.1 Å². The first kappa shape index (κ1) is 9.93. The molecule has 3 atom stereocenters. The number of nitrogens with zero attached hydrogens (tertiary/aromatic N) is 1. The van der Waals surface area contributed by atoms with E-state index in [0.29, 0.717) is 6.54 Å². The van der Waals surface area contributed by atoms with Crippen LogP contribution in [0.1, 0.15) is 25.7 Å². The molecule has 1 aliphatic heterocycles. The zero-order chi connectivity index (χ0) is 10.1. The van der Waals surface area contributed by atoms with E-state index < -0.39 is 0 Å². The van der Waals surface area contributed by atoms with Gasteiger partial charge in [-0.05, 0) is 19.3 Å². The Bertz CT molecular complexity index is 232. The van der Waals surface area contributed by atoms with E-state index in [2.05, 4.69) is 0 Å². The molecule has 0 aromatic rings. The van der Waals surface area contributed by atoms with Gasteiger partial charge in [0.25, 0.3) is 0 Å². The monoisotopic (exact) mass is 198 g/mol. The molecule has 3 N–H and O–H groups in total. The standard InChI is InChI=1S/C10H18N2O2/c11-8-4-5-12(10(8)14)6-7-2-1-3-9(7)13/h7-9,13H,1-6,11H2. The number of aliphatic hydroxyl groups is 1. The Morgan fingerprint density at radius 3 is 2.71 bits per heavy atom. The van der Waals surface area contributed by atoms with Gasteiger partial charge in [-0.3, -0.25) is 4.79 Å². The van der Waals surface area contributed by atoms with E-state index in [0.717, 1.165) is 32.2 Å². The summed E-state index contributed by atoms with van der Waals surface area (Å²) in [6.07, 6.45) is 3.57. The van der Waals surface area contributed by atoms with Crippen LogP contribution in [0.2, 0.25) is 0 Å². The van der Waals surface area contributed by atoms with Crippen molar-refractivity contribution in [3.05, 3.63) is 0 Å². The van der Waals surface area contributed by atoms with Gasteiger partial charge in [-0.1, -0.05) is 6.42 Å². The number of carbonyl (C=O) groups is 1. The fraction of sp³-hybridized carbons (Fsp3) is 0.900. The third-order valence-electron chi connectivity index (χ3n) is 3.41. The van der Waals surface area contributed by atoms with Crippen molar-refractivity contribution < 1.29 is 9.90 Å². The molecule has 2 rings (SSSR count). The number of hydrogen-bond donors (Lipinski definition) is 2. The molecular weight excluding hydrogens is 180 g/mol. The maximum absolute atomic E-state index is 11.5. The minimum atomic E-state index is -0.298. The third kappa shape index (κ3) is 1.77. The minimum absolute atomic E-state index is 0.0594. The van der Waals surface area contributed by atoms with E-state index in [1.807, 2.05) is 4.90 Å². The highest BCUT2D eigenvalue weighted by Gasteiger charge is 2.33. The highest BCUT2D eigenvalue weighted by molar-refractivity contribution is 5.83. The van der Waals surface area contributed by atoms with Gasteiger partial charge in [0.15, 0.2) is 0 Å². The number of nitrogens with two attached hydrogens (primary N) is 1. The molecule has 80 valence electrons. The van der Waals surface area contributed by atoms with Crippen molar-refractivity contribution in [3.63, 3.8) is 0 Å². The van der Waals surface area contributed by atoms with Gasteiger partial charge in [0.05, 0.1) is 12.1 Å². The van der Waals surface area contributed by atoms with Crippen molar-refractivity contribution in [1.29, 1.82) is 0 Å². The number of amides is 1. The van der Waals surface area contributed by atoms with Crippen LogP contribution in [0.5, 0.6) is 0 Å². The molecule has 0 aromatic carbocycles. The van der Waals surface area contributed by atoms with Gasteiger partial charge in [0.2, 0.25) is 5.91 Å². The predicted molar refractivity (Wildman–Crippen MR) is 52.5 cm³/mol. The number of aliphatic hydroxyl groups excluding tert-OH is 1. The van der Waals surface area contributed by atoms with Crippen molar-refractivity contribution in [1.82, 2.24) is 4.90 Å². The van der Waals surface area contributed by atoms with E-state index >= 15 is 0 Å². The second-order valence-electron chi connectivity index (χ2n) is 4.44. The molecule has 0 spiro atoms. The molecule has 1 saturated heterocycles. The van der Waals surface area contributed by atoms with Crippen molar-refractivity contribution in [2.75, 3.05) is 13.1 Å². The second-order valence-corrected chi connectivity index (χ2v) is 4.44. The lowest BCUT2D eigenvalue weighted by molar-refractivity contribution is -0.129. The molecule has 0 radical (unpaired) electrons. The zero-order valence-electron chi connectivity index (χ0n) is 8.35. The number of likely N-dealkylation sites (tertiary alicyclic amines) is 1. The van der Waals surface area contributed by atoms with Gasteiger partial charge >= 0.3 is 0 Å². The summed E-state index contributed by atoms with van der Waals surface area (Å²) < 4.78 is 0. The molecule has 2 aliphatic rings. The number of carbonyl (C=O) groups excluding carboxylic acids is 1. The lowest BCUT2D eigenvalue weighted by Gasteiger charge is -2.22. The van der Waals surface area contributed by atoms with E-state index in [1.54, 1.807) is 0 Å². The lowest BCUT2D eigenvalue weighted by Crippen LogP contribution is -2.38. The van der Waals surface area contributed by atoms with Crippen molar-refractivity contribution >= 4 is 5.91 Å². The molecule has 4 nitrogen and oxygen atoms in total. The summed E-state index contributed by atoms with van der Waals surface area (Å²) in [5.74, 6) is 0.341. The van der Waals surface area contributed by atoms with Crippen molar-refractivity contribution in [2.24, 2.45) is 11.7 Å². The van der Waals surface area contributed by atoms with E-state index in [4.69, 9.17) is 5.73 Å². The van der Waals surface area contributed by atoms with Gasteiger partial charge in [-0.25, -0.2) is 0 Å². The highest BCUT2D eigenvalue weighted by atomic mass is 16.3. The van der Waals surface area contributed by atoms with Crippen LogP contribution in [0.15, 0.2) is 0 Å². The molecule has 14 heavy (non-hydrogen) atoms. The molecule has 1 aliphatic carbocycles. The minimum Gasteiger partial charge on any atom is -0.393 e. The zero-order valence-corrected chi connectivity index (χ0v) is 8.35. The average Bonchev–Trinajstić information content (AvgIpc) is 2.68. The van der Waals surface area contributed by atoms with Gasteiger partial charge in [-0.2, -0.15) is 0 Å². The molecule has 0 aromatic heterocycles. The third-order valence-corrected chi connectivity index (χ3v) is 3.41. The first-order chi connectivity index (χ1) is 6.68. The quantitative estimate of drug-likeness (QED) is 0.640. The Kier molecular flexibility index (Phi) is 2.74. The van der Waals surface area contributed by atoms with Gasteiger partial charge in [0.1, 0.15) is 0 Å². The Labute approximate surface area is 84.1 Å². The molecule has 3 unspecified atom stereocenters. The summed E-state index contributed by atoms with van der Waals surface area (Å²) in [7, 11) is 0. The number of rotatable bonds is 2. The molecule has 0 bridgehead atoms. The molecule has 2 fully saturated rings. The van der Waals surface area contributed by atoms with Crippen LogP contribution < -0.4 is 5.73 Å². The SMILES string of the molecule is NC1CCN(CC2CCCC2O)C1=O. The molecule has 4 heteroatoms. The molecule has 1 heterocycles. The smallest absolute Gasteiger partial charge is 0.239 e. The highest BCUT2D eigenvalue weighted by Crippen LogP contribution is 2.27. The summed E-state index contributed by atoms with van der Waals surface area (Å²) in [4.78, 5) is 13.3. The summed E-state index contributed by atoms with van der Waals surface area (Å²) in [6.45, 7) is 1.47. The van der Waals surface area contributed by atoms with Crippen molar-refractivity contribution in [2.45, 2.75) is 37.8 Å². The van der Waals surface area contributed by atoms with Crippen LogP contribution in [0.4, 0.5) is 0 Å². The fourth-order valence-corrected chi connectivity index (χ4v) is 2.46. The molecule has 1 saturated carbocycles. The summed E-state index contributed by atoms with van der Waals surface area (Å²) in [5.41, 5.74) is 5.62. The Balaban J connectivity index is 1.88. The Morgan fingerprint density at radius 2 is 2.21 bits per heavy atom. The Hall–Kier alpha value is -0.610. The normalized spacial score (nSPS) is 38.3.